The SMILES string of the molecule is NCC(CC(=O)O)c1ccnc2c(Cl)cccc12. The van der Waals surface area contributed by atoms with E-state index < -0.39 is 5.97 Å². The van der Waals surface area contributed by atoms with Crippen molar-refractivity contribution in [2.24, 2.45) is 5.73 Å². The summed E-state index contributed by atoms with van der Waals surface area (Å²) in [5.74, 6) is -1.09. The number of rotatable bonds is 4. The minimum atomic E-state index is -0.863. The molecule has 0 aliphatic heterocycles. The van der Waals surface area contributed by atoms with Gasteiger partial charge in [-0.15, -0.1) is 0 Å². The van der Waals surface area contributed by atoms with Crippen molar-refractivity contribution in [2.45, 2.75) is 12.3 Å². The van der Waals surface area contributed by atoms with Crippen LogP contribution in [0.2, 0.25) is 5.02 Å². The van der Waals surface area contributed by atoms with Gasteiger partial charge in [-0.3, -0.25) is 9.78 Å². The van der Waals surface area contributed by atoms with Crippen molar-refractivity contribution in [2.75, 3.05) is 6.54 Å². The fourth-order valence-electron chi connectivity index (χ4n) is 2.05. The molecular formula is C13H13ClN2O2. The zero-order valence-electron chi connectivity index (χ0n) is 9.64. The number of aliphatic carboxylic acids is 1. The molecule has 0 saturated heterocycles. The number of para-hydroxylation sites is 1. The van der Waals surface area contributed by atoms with Gasteiger partial charge in [0.2, 0.25) is 0 Å². The molecule has 0 aliphatic rings. The Kier molecular flexibility index (Phi) is 3.79. The molecular weight excluding hydrogens is 252 g/mol. The third-order valence-corrected chi connectivity index (χ3v) is 3.21. The molecule has 0 bridgehead atoms. The highest BCUT2D eigenvalue weighted by Crippen LogP contribution is 2.29. The summed E-state index contributed by atoms with van der Waals surface area (Å²) in [6, 6.07) is 7.27. The number of nitrogens with zero attached hydrogens (tertiary/aromatic N) is 1. The Hall–Kier alpha value is -1.65. The fourth-order valence-corrected chi connectivity index (χ4v) is 2.27. The predicted octanol–water partition coefficient (Wildman–Crippen LogP) is 2.41. The average Bonchev–Trinajstić information content (AvgIpc) is 2.36. The standard InChI is InChI=1S/C13H13ClN2O2/c14-11-3-1-2-10-9(4-5-16-13(10)11)8(7-15)6-12(17)18/h1-5,8H,6-7,15H2,(H,17,18). The second-order valence-electron chi connectivity index (χ2n) is 4.07. The van der Waals surface area contributed by atoms with Gasteiger partial charge in [0, 0.05) is 17.5 Å². The van der Waals surface area contributed by atoms with E-state index in [0.29, 0.717) is 10.5 Å². The van der Waals surface area contributed by atoms with Gasteiger partial charge < -0.3 is 10.8 Å². The number of fused-ring (bicyclic) bond motifs is 1. The molecule has 1 unspecified atom stereocenters. The molecule has 1 aromatic heterocycles. The summed E-state index contributed by atoms with van der Waals surface area (Å²) >= 11 is 6.07. The maximum Gasteiger partial charge on any atom is 0.304 e. The van der Waals surface area contributed by atoms with Crippen molar-refractivity contribution < 1.29 is 9.90 Å². The second-order valence-corrected chi connectivity index (χ2v) is 4.47. The zero-order chi connectivity index (χ0) is 13.1. The van der Waals surface area contributed by atoms with E-state index in [2.05, 4.69) is 4.98 Å². The molecule has 5 heteroatoms. The van der Waals surface area contributed by atoms with Gasteiger partial charge in [-0.25, -0.2) is 0 Å². The monoisotopic (exact) mass is 264 g/mol. The van der Waals surface area contributed by atoms with Gasteiger partial charge in [-0.05, 0) is 24.2 Å². The molecule has 1 atom stereocenters. The maximum atomic E-state index is 10.8. The summed E-state index contributed by atoms with van der Waals surface area (Å²) in [5.41, 5.74) is 7.23. The van der Waals surface area contributed by atoms with Crippen LogP contribution in [0.5, 0.6) is 0 Å². The van der Waals surface area contributed by atoms with Crippen LogP contribution in [0, 0.1) is 0 Å². The van der Waals surface area contributed by atoms with Gasteiger partial charge in [0.25, 0.3) is 0 Å². The van der Waals surface area contributed by atoms with E-state index in [4.69, 9.17) is 22.4 Å². The number of benzene rings is 1. The Labute approximate surface area is 109 Å². The molecule has 0 spiro atoms. The lowest BCUT2D eigenvalue weighted by Crippen LogP contribution is -2.16. The van der Waals surface area contributed by atoms with Crippen LogP contribution in [0.1, 0.15) is 17.9 Å². The Balaban J connectivity index is 2.56. The molecule has 0 radical (unpaired) electrons. The molecule has 2 rings (SSSR count). The molecule has 2 aromatic rings. The molecule has 1 heterocycles. The molecule has 1 aromatic carbocycles. The van der Waals surface area contributed by atoms with Crippen LogP contribution in [0.15, 0.2) is 30.5 Å². The van der Waals surface area contributed by atoms with Crippen molar-refractivity contribution in [1.29, 1.82) is 0 Å². The lowest BCUT2D eigenvalue weighted by Gasteiger charge is -2.15. The molecule has 0 amide bonds. The Bertz CT molecular complexity index is 586. The third-order valence-electron chi connectivity index (χ3n) is 2.90. The lowest BCUT2D eigenvalue weighted by atomic mass is 9.93. The van der Waals surface area contributed by atoms with Crippen molar-refractivity contribution in [3.63, 3.8) is 0 Å². The first kappa shape index (κ1) is 12.8. The normalized spacial score (nSPS) is 12.6. The number of carboxylic acid groups (broad SMARTS) is 1. The molecule has 3 N–H and O–H groups in total. The van der Waals surface area contributed by atoms with Crippen LogP contribution in [0.3, 0.4) is 0 Å². The summed E-state index contributed by atoms with van der Waals surface area (Å²) in [5, 5.41) is 10.3. The molecule has 18 heavy (non-hydrogen) atoms. The minimum Gasteiger partial charge on any atom is -0.481 e. The van der Waals surface area contributed by atoms with Crippen molar-refractivity contribution in [3.05, 3.63) is 41.0 Å². The first-order valence-corrected chi connectivity index (χ1v) is 5.96. The number of carboxylic acids is 1. The number of hydrogen-bond acceptors (Lipinski definition) is 3. The number of halogens is 1. The third kappa shape index (κ3) is 2.44. The molecule has 0 saturated carbocycles. The van der Waals surface area contributed by atoms with Crippen LogP contribution in [0.25, 0.3) is 10.9 Å². The Morgan fingerprint density at radius 3 is 2.89 bits per heavy atom. The largest absolute Gasteiger partial charge is 0.481 e. The average molecular weight is 265 g/mol. The zero-order valence-corrected chi connectivity index (χ0v) is 10.4. The van der Waals surface area contributed by atoms with Gasteiger partial charge in [0.05, 0.1) is 17.0 Å². The first-order chi connectivity index (χ1) is 8.63. The number of pyridine rings is 1. The van der Waals surface area contributed by atoms with Gasteiger partial charge in [0.15, 0.2) is 0 Å². The first-order valence-electron chi connectivity index (χ1n) is 5.58. The minimum absolute atomic E-state index is 0.00211. The highest BCUT2D eigenvalue weighted by atomic mass is 35.5. The van der Waals surface area contributed by atoms with E-state index in [1.165, 1.54) is 0 Å². The number of hydrogen-bond donors (Lipinski definition) is 2. The summed E-state index contributed by atoms with van der Waals surface area (Å²) in [4.78, 5) is 15.1. The van der Waals surface area contributed by atoms with Crippen LogP contribution in [-0.2, 0) is 4.79 Å². The van der Waals surface area contributed by atoms with Gasteiger partial charge in [-0.1, -0.05) is 23.7 Å². The predicted molar refractivity (Wildman–Crippen MR) is 70.8 cm³/mol. The number of carbonyl (C=O) groups is 1. The second kappa shape index (κ2) is 5.33. The van der Waals surface area contributed by atoms with Crippen LogP contribution < -0.4 is 5.73 Å². The quantitative estimate of drug-likeness (QED) is 0.889. The molecule has 4 nitrogen and oxygen atoms in total. The summed E-state index contributed by atoms with van der Waals surface area (Å²) in [6.45, 7) is 0.276. The highest BCUT2D eigenvalue weighted by molar-refractivity contribution is 6.35. The highest BCUT2D eigenvalue weighted by Gasteiger charge is 2.17. The van der Waals surface area contributed by atoms with E-state index in [1.54, 1.807) is 18.3 Å². The van der Waals surface area contributed by atoms with E-state index >= 15 is 0 Å². The Morgan fingerprint density at radius 2 is 2.22 bits per heavy atom. The van der Waals surface area contributed by atoms with Crippen LogP contribution >= 0.6 is 11.6 Å². The number of aromatic nitrogens is 1. The van der Waals surface area contributed by atoms with E-state index in [-0.39, 0.29) is 18.9 Å². The number of nitrogens with two attached hydrogens (primary N) is 1. The smallest absolute Gasteiger partial charge is 0.304 e. The van der Waals surface area contributed by atoms with E-state index in [9.17, 15) is 4.79 Å². The topological polar surface area (TPSA) is 76.2 Å². The maximum absolute atomic E-state index is 10.8. The van der Waals surface area contributed by atoms with Gasteiger partial charge in [-0.2, -0.15) is 0 Å². The van der Waals surface area contributed by atoms with Crippen LogP contribution in [-0.4, -0.2) is 22.6 Å². The molecule has 0 aliphatic carbocycles. The molecule has 94 valence electrons. The molecule has 0 fully saturated rings. The summed E-state index contributed by atoms with van der Waals surface area (Å²) in [7, 11) is 0. The Morgan fingerprint density at radius 1 is 1.44 bits per heavy atom. The van der Waals surface area contributed by atoms with Crippen LogP contribution in [0.4, 0.5) is 0 Å². The lowest BCUT2D eigenvalue weighted by molar-refractivity contribution is -0.137. The summed E-state index contributed by atoms with van der Waals surface area (Å²) < 4.78 is 0. The van der Waals surface area contributed by atoms with E-state index in [1.807, 2.05) is 12.1 Å². The van der Waals surface area contributed by atoms with Crippen molar-refractivity contribution in [3.8, 4) is 0 Å². The van der Waals surface area contributed by atoms with Crippen molar-refractivity contribution in [1.82, 2.24) is 4.98 Å². The fraction of sp³-hybridized carbons (Fsp3) is 0.231. The van der Waals surface area contributed by atoms with Crippen molar-refractivity contribution >= 4 is 28.5 Å². The van der Waals surface area contributed by atoms with Gasteiger partial charge >= 0.3 is 5.97 Å². The van der Waals surface area contributed by atoms with Gasteiger partial charge in [0.1, 0.15) is 0 Å². The van der Waals surface area contributed by atoms with E-state index in [0.717, 1.165) is 10.9 Å². The summed E-state index contributed by atoms with van der Waals surface area (Å²) in [6.07, 6.45) is 1.64.